The second-order valence-corrected chi connectivity index (χ2v) is 4.88. The summed E-state index contributed by atoms with van der Waals surface area (Å²) in [6, 6.07) is 4.57. The maximum atomic E-state index is 13.0. The van der Waals surface area contributed by atoms with Crippen LogP contribution in [-0.4, -0.2) is 4.98 Å². The molecule has 0 unspecified atom stereocenters. The van der Waals surface area contributed by atoms with E-state index in [0.717, 1.165) is 21.3 Å². The van der Waals surface area contributed by atoms with Gasteiger partial charge in [-0.3, -0.25) is 0 Å². The summed E-state index contributed by atoms with van der Waals surface area (Å²) in [4.78, 5) is 4.22. The first-order valence-electron chi connectivity index (χ1n) is 5.43. The third-order valence-electron chi connectivity index (χ3n) is 2.74. The van der Waals surface area contributed by atoms with E-state index in [-0.39, 0.29) is 5.82 Å². The predicted molar refractivity (Wildman–Crippen MR) is 75.5 cm³/mol. The molecule has 0 saturated carbocycles. The van der Waals surface area contributed by atoms with Gasteiger partial charge in [0.15, 0.2) is 0 Å². The first-order valence-corrected chi connectivity index (χ1v) is 6.22. The average Bonchev–Trinajstić information content (AvgIpc) is 2.33. The van der Waals surface area contributed by atoms with Gasteiger partial charge in [-0.05, 0) is 59.1 Å². The molecule has 0 bridgehead atoms. The maximum Gasteiger partial charge on any atom is 0.145 e. The first kappa shape index (κ1) is 12.8. The Morgan fingerprint density at radius 2 is 2.06 bits per heavy atom. The fraction of sp³-hybridized carbons (Fsp3) is 0.154. The van der Waals surface area contributed by atoms with Crippen LogP contribution in [0.5, 0.6) is 0 Å². The number of aromatic nitrogens is 1. The molecule has 18 heavy (non-hydrogen) atoms. The summed E-state index contributed by atoms with van der Waals surface area (Å²) in [5.74, 6) is 0.412. The van der Waals surface area contributed by atoms with Crippen molar-refractivity contribution in [3.05, 3.63) is 45.8 Å². The molecule has 1 aromatic carbocycles. The van der Waals surface area contributed by atoms with E-state index >= 15 is 0 Å². The van der Waals surface area contributed by atoms with Gasteiger partial charge in [-0.1, -0.05) is 0 Å². The van der Waals surface area contributed by atoms with Gasteiger partial charge in [0.05, 0.1) is 16.4 Å². The van der Waals surface area contributed by atoms with Crippen LogP contribution >= 0.6 is 15.9 Å². The Balaban J connectivity index is 2.37. The van der Waals surface area contributed by atoms with Crippen molar-refractivity contribution in [1.29, 1.82) is 0 Å². The molecule has 1 heterocycles. The van der Waals surface area contributed by atoms with Crippen molar-refractivity contribution in [3.8, 4) is 0 Å². The van der Waals surface area contributed by atoms with Crippen LogP contribution in [0.1, 0.15) is 11.1 Å². The van der Waals surface area contributed by atoms with Gasteiger partial charge < -0.3 is 11.1 Å². The van der Waals surface area contributed by atoms with Crippen LogP contribution in [0.15, 0.2) is 28.9 Å². The molecule has 2 rings (SSSR count). The summed E-state index contributed by atoms with van der Waals surface area (Å²) in [5.41, 5.74) is 8.95. The van der Waals surface area contributed by atoms with E-state index in [1.807, 2.05) is 13.8 Å². The van der Waals surface area contributed by atoms with Crippen LogP contribution in [0.4, 0.5) is 21.6 Å². The van der Waals surface area contributed by atoms with E-state index in [0.29, 0.717) is 11.5 Å². The van der Waals surface area contributed by atoms with Crippen LogP contribution < -0.4 is 11.1 Å². The lowest BCUT2D eigenvalue weighted by Crippen LogP contribution is -2.00. The van der Waals surface area contributed by atoms with E-state index < -0.39 is 0 Å². The molecule has 3 N–H and O–H groups in total. The van der Waals surface area contributed by atoms with E-state index in [9.17, 15) is 4.39 Å². The van der Waals surface area contributed by atoms with Crippen molar-refractivity contribution in [2.45, 2.75) is 13.8 Å². The van der Waals surface area contributed by atoms with Gasteiger partial charge in [-0.15, -0.1) is 0 Å². The molecule has 0 aliphatic carbocycles. The smallest absolute Gasteiger partial charge is 0.145 e. The minimum atomic E-state index is -0.251. The van der Waals surface area contributed by atoms with Crippen molar-refractivity contribution in [2.75, 3.05) is 11.1 Å². The largest absolute Gasteiger partial charge is 0.397 e. The minimum absolute atomic E-state index is 0.251. The molecule has 0 spiro atoms. The number of halogens is 2. The number of pyridine rings is 1. The highest BCUT2D eigenvalue weighted by molar-refractivity contribution is 9.10. The molecule has 0 radical (unpaired) electrons. The lowest BCUT2D eigenvalue weighted by atomic mass is 10.2. The third kappa shape index (κ3) is 2.46. The summed E-state index contributed by atoms with van der Waals surface area (Å²) in [7, 11) is 0. The Bertz CT molecular complexity index is 599. The Morgan fingerprint density at radius 1 is 1.33 bits per heavy atom. The lowest BCUT2D eigenvalue weighted by molar-refractivity contribution is 0.627. The number of rotatable bonds is 2. The number of anilines is 3. The SMILES string of the molecule is Cc1cc(F)ccc1Nc1ncc(N)c(C)c1Br. The molecule has 0 aliphatic heterocycles. The van der Waals surface area contributed by atoms with Crippen molar-refractivity contribution in [3.63, 3.8) is 0 Å². The van der Waals surface area contributed by atoms with Crippen LogP contribution in [-0.2, 0) is 0 Å². The van der Waals surface area contributed by atoms with Crippen molar-refractivity contribution >= 4 is 33.1 Å². The molecule has 5 heteroatoms. The molecule has 94 valence electrons. The van der Waals surface area contributed by atoms with Gasteiger partial charge in [0, 0.05) is 5.69 Å². The van der Waals surface area contributed by atoms with Crippen LogP contribution in [0, 0.1) is 19.7 Å². The zero-order valence-electron chi connectivity index (χ0n) is 10.1. The fourth-order valence-electron chi connectivity index (χ4n) is 1.57. The van der Waals surface area contributed by atoms with Crippen molar-refractivity contribution in [1.82, 2.24) is 4.98 Å². The molecular formula is C13H13BrFN3. The molecule has 0 aliphatic rings. The highest BCUT2D eigenvalue weighted by Gasteiger charge is 2.09. The van der Waals surface area contributed by atoms with Crippen molar-refractivity contribution in [2.24, 2.45) is 0 Å². The summed E-state index contributed by atoms with van der Waals surface area (Å²) in [6.45, 7) is 3.74. The topological polar surface area (TPSA) is 50.9 Å². The summed E-state index contributed by atoms with van der Waals surface area (Å²) < 4.78 is 13.8. The van der Waals surface area contributed by atoms with Gasteiger partial charge in [0.1, 0.15) is 11.6 Å². The molecule has 0 fully saturated rings. The van der Waals surface area contributed by atoms with Gasteiger partial charge >= 0.3 is 0 Å². The van der Waals surface area contributed by atoms with Crippen LogP contribution in [0.25, 0.3) is 0 Å². The van der Waals surface area contributed by atoms with E-state index in [1.54, 1.807) is 12.3 Å². The number of nitrogens with zero attached hydrogens (tertiary/aromatic N) is 1. The highest BCUT2D eigenvalue weighted by atomic mass is 79.9. The second-order valence-electron chi connectivity index (χ2n) is 4.09. The number of nitrogens with one attached hydrogen (secondary N) is 1. The first-order chi connectivity index (χ1) is 8.49. The summed E-state index contributed by atoms with van der Waals surface area (Å²) in [5, 5.41) is 3.16. The third-order valence-corrected chi connectivity index (χ3v) is 3.71. The predicted octanol–water partition coefficient (Wildman–Crippen LogP) is 3.93. The molecule has 0 atom stereocenters. The minimum Gasteiger partial charge on any atom is -0.397 e. The van der Waals surface area contributed by atoms with Gasteiger partial charge in [-0.2, -0.15) is 0 Å². The van der Waals surface area contributed by atoms with Crippen LogP contribution in [0.2, 0.25) is 0 Å². The Hall–Kier alpha value is -1.62. The number of hydrogen-bond acceptors (Lipinski definition) is 3. The zero-order valence-corrected chi connectivity index (χ0v) is 11.7. The monoisotopic (exact) mass is 309 g/mol. The summed E-state index contributed by atoms with van der Waals surface area (Å²) in [6.07, 6.45) is 1.60. The molecule has 0 saturated heterocycles. The molecule has 1 aromatic heterocycles. The average molecular weight is 310 g/mol. The number of benzene rings is 1. The molecule has 0 amide bonds. The van der Waals surface area contributed by atoms with Gasteiger partial charge in [0.25, 0.3) is 0 Å². The zero-order chi connectivity index (χ0) is 13.3. The summed E-state index contributed by atoms with van der Waals surface area (Å²) >= 11 is 3.45. The normalized spacial score (nSPS) is 10.4. The quantitative estimate of drug-likeness (QED) is 0.884. The molecular weight excluding hydrogens is 297 g/mol. The van der Waals surface area contributed by atoms with E-state index in [4.69, 9.17) is 5.73 Å². The van der Waals surface area contributed by atoms with E-state index in [1.165, 1.54) is 12.1 Å². The fourth-order valence-corrected chi connectivity index (χ4v) is 2.00. The molecule has 2 aromatic rings. The Labute approximate surface area is 113 Å². The standard InChI is InChI=1S/C13H13BrFN3/c1-7-5-9(15)3-4-11(7)18-13-12(14)8(2)10(16)6-17-13/h3-6H,16H2,1-2H3,(H,17,18). The van der Waals surface area contributed by atoms with Gasteiger partial charge in [0.2, 0.25) is 0 Å². The van der Waals surface area contributed by atoms with Crippen LogP contribution in [0.3, 0.4) is 0 Å². The Morgan fingerprint density at radius 3 is 2.72 bits per heavy atom. The van der Waals surface area contributed by atoms with Crippen molar-refractivity contribution < 1.29 is 4.39 Å². The number of aryl methyl sites for hydroxylation is 1. The Kier molecular flexibility index (Phi) is 3.52. The number of nitrogens with two attached hydrogens (primary N) is 1. The highest BCUT2D eigenvalue weighted by Crippen LogP contribution is 2.30. The van der Waals surface area contributed by atoms with Gasteiger partial charge in [-0.25, -0.2) is 9.37 Å². The maximum absolute atomic E-state index is 13.0. The lowest BCUT2D eigenvalue weighted by Gasteiger charge is -2.12. The number of nitrogen functional groups attached to an aromatic ring is 1. The van der Waals surface area contributed by atoms with E-state index in [2.05, 4.69) is 26.2 Å². The second kappa shape index (κ2) is 4.94. The molecule has 3 nitrogen and oxygen atoms in total. The number of hydrogen-bond donors (Lipinski definition) is 2.